The van der Waals surface area contributed by atoms with Crippen LogP contribution in [-0.2, 0) is 10.9 Å². The molecule has 1 fully saturated rings. The van der Waals surface area contributed by atoms with Crippen molar-refractivity contribution in [2.45, 2.75) is 19.0 Å². The number of hydrazine groups is 1. The number of nitrogen functional groups attached to an aromatic ring is 1. The molecule has 2 heterocycles. The quantitative estimate of drug-likeness (QED) is 0.650. The topological polar surface area (TPSA) is 76.3 Å². The van der Waals surface area contributed by atoms with Crippen LogP contribution in [0, 0.1) is 5.92 Å². The molecule has 0 bridgehead atoms. The zero-order valence-electron chi connectivity index (χ0n) is 11.7. The van der Waals surface area contributed by atoms with Gasteiger partial charge in [-0.05, 0) is 18.8 Å². The summed E-state index contributed by atoms with van der Waals surface area (Å²) >= 11 is 0. The number of anilines is 2. The van der Waals surface area contributed by atoms with E-state index in [-0.39, 0.29) is 17.6 Å². The lowest BCUT2D eigenvalue weighted by atomic mass is 9.99. The molecule has 1 atom stereocenters. The molecule has 0 spiro atoms. The molecule has 0 amide bonds. The predicted octanol–water partition coefficient (Wildman–Crippen LogP) is 1.64. The normalized spacial score (nSPS) is 19.7. The number of halogens is 3. The molecule has 2 rings (SSSR count). The number of hydrogen-bond donors (Lipinski definition) is 2. The molecule has 1 aliphatic heterocycles. The van der Waals surface area contributed by atoms with Crippen molar-refractivity contribution in [1.29, 1.82) is 0 Å². The highest BCUT2D eigenvalue weighted by atomic mass is 19.4. The first-order valence-corrected chi connectivity index (χ1v) is 6.61. The highest BCUT2D eigenvalue weighted by Crippen LogP contribution is 2.30. The molecule has 21 heavy (non-hydrogen) atoms. The lowest BCUT2D eigenvalue weighted by Gasteiger charge is -2.33. The van der Waals surface area contributed by atoms with Gasteiger partial charge in [0.15, 0.2) is 0 Å². The Balaban J connectivity index is 2.25. The lowest BCUT2D eigenvalue weighted by molar-refractivity contribution is -0.144. The van der Waals surface area contributed by atoms with Crippen molar-refractivity contribution in [1.82, 2.24) is 9.97 Å². The van der Waals surface area contributed by atoms with E-state index in [0.29, 0.717) is 19.7 Å². The zero-order chi connectivity index (χ0) is 15.5. The maximum absolute atomic E-state index is 12.8. The Morgan fingerprint density at radius 3 is 2.86 bits per heavy atom. The Bertz CT molecular complexity index is 480. The Hall–Kier alpha value is -1.61. The number of aromatic nitrogens is 2. The van der Waals surface area contributed by atoms with Crippen LogP contribution in [0.25, 0.3) is 0 Å². The van der Waals surface area contributed by atoms with Gasteiger partial charge in [0.1, 0.15) is 11.6 Å². The first-order chi connectivity index (χ1) is 9.94. The van der Waals surface area contributed by atoms with Crippen molar-refractivity contribution >= 4 is 11.6 Å². The molecule has 1 unspecified atom stereocenters. The number of rotatable bonds is 4. The number of ether oxygens (including phenoxy) is 1. The molecule has 1 aliphatic rings. The molecular formula is C12H18F3N5O. The van der Waals surface area contributed by atoms with Crippen molar-refractivity contribution in [2.75, 3.05) is 37.1 Å². The fourth-order valence-electron chi connectivity index (χ4n) is 2.44. The maximum Gasteiger partial charge on any atom is 0.451 e. The average molecular weight is 305 g/mol. The summed E-state index contributed by atoms with van der Waals surface area (Å²) in [5.74, 6) is 4.45. The molecule has 0 radical (unpaired) electrons. The second kappa shape index (κ2) is 6.44. The van der Waals surface area contributed by atoms with Gasteiger partial charge < -0.3 is 15.1 Å². The third-order valence-electron chi connectivity index (χ3n) is 3.36. The molecule has 6 nitrogen and oxygen atoms in total. The van der Waals surface area contributed by atoms with E-state index in [1.807, 2.05) is 4.90 Å². The smallest absolute Gasteiger partial charge is 0.384 e. The van der Waals surface area contributed by atoms with Crippen LogP contribution < -0.4 is 16.2 Å². The predicted molar refractivity (Wildman–Crippen MR) is 71.7 cm³/mol. The van der Waals surface area contributed by atoms with Gasteiger partial charge in [0, 0.05) is 26.3 Å². The monoisotopic (exact) mass is 305 g/mol. The van der Waals surface area contributed by atoms with Crippen molar-refractivity contribution in [3.05, 3.63) is 11.9 Å². The number of hydrogen-bond acceptors (Lipinski definition) is 6. The fourth-order valence-corrected chi connectivity index (χ4v) is 2.44. The number of nitrogens with two attached hydrogens (primary N) is 1. The van der Waals surface area contributed by atoms with Gasteiger partial charge in [-0.15, -0.1) is 0 Å². The van der Waals surface area contributed by atoms with Crippen molar-refractivity contribution in [2.24, 2.45) is 11.8 Å². The van der Waals surface area contributed by atoms with Gasteiger partial charge in [-0.3, -0.25) is 0 Å². The molecule has 3 N–H and O–H groups in total. The maximum atomic E-state index is 12.8. The minimum Gasteiger partial charge on any atom is -0.384 e. The number of piperidine rings is 1. The Kier molecular flexibility index (Phi) is 4.84. The van der Waals surface area contributed by atoms with E-state index < -0.39 is 12.0 Å². The average Bonchev–Trinajstić information content (AvgIpc) is 2.46. The van der Waals surface area contributed by atoms with Crippen LogP contribution >= 0.6 is 0 Å². The molecule has 1 aromatic heterocycles. The van der Waals surface area contributed by atoms with Crippen LogP contribution in [0.1, 0.15) is 18.7 Å². The zero-order valence-corrected chi connectivity index (χ0v) is 11.7. The fraction of sp³-hybridized carbons (Fsp3) is 0.667. The number of alkyl halides is 3. The summed E-state index contributed by atoms with van der Waals surface area (Å²) in [6.45, 7) is 1.83. The van der Waals surface area contributed by atoms with Crippen LogP contribution in [0.5, 0.6) is 0 Å². The number of nitrogens with one attached hydrogen (secondary N) is 1. The molecule has 0 aliphatic carbocycles. The van der Waals surface area contributed by atoms with Crippen LogP contribution in [0.15, 0.2) is 6.07 Å². The standard InChI is InChI=1S/C12H18F3N5O/c1-21-7-8-3-2-4-20(6-8)10-5-9(19-16)17-11(18-10)12(13,14)15/h5,8H,2-4,6-7,16H2,1H3,(H,17,18,19). The van der Waals surface area contributed by atoms with Gasteiger partial charge in [0.05, 0.1) is 6.61 Å². The molecule has 1 aromatic rings. The Morgan fingerprint density at radius 2 is 2.24 bits per heavy atom. The van der Waals surface area contributed by atoms with Gasteiger partial charge in [-0.2, -0.15) is 13.2 Å². The summed E-state index contributed by atoms with van der Waals surface area (Å²) in [7, 11) is 1.61. The van der Waals surface area contributed by atoms with E-state index in [1.165, 1.54) is 6.07 Å². The van der Waals surface area contributed by atoms with Crippen molar-refractivity contribution in [3.8, 4) is 0 Å². The summed E-state index contributed by atoms with van der Waals surface area (Å²) in [4.78, 5) is 8.78. The highest BCUT2D eigenvalue weighted by molar-refractivity contribution is 5.49. The molecular weight excluding hydrogens is 287 g/mol. The third-order valence-corrected chi connectivity index (χ3v) is 3.36. The van der Waals surface area contributed by atoms with Crippen LogP contribution in [0.3, 0.4) is 0 Å². The van der Waals surface area contributed by atoms with E-state index in [9.17, 15) is 13.2 Å². The second-order valence-electron chi connectivity index (χ2n) is 4.99. The van der Waals surface area contributed by atoms with Gasteiger partial charge in [0.25, 0.3) is 0 Å². The van der Waals surface area contributed by atoms with Crippen molar-refractivity contribution < 1.29 is 17.9 Å². The van der Waals surface area contributed by atoms with E-state index in [1.54, 1.807) is 7.11 Å². The summed E-state index contributed by atoms with van der Waals surface area (Å²) < 4.78 is 43.6. The van der Waals surface area contributed by atoms with Crippen LogP contribution in [0.2, 0.25) is 0 Å². The molecule has 0 saturated carbocycles. The molecule has 9 heteroatoms. The van der Waals surface area contributed by atoms with E-state index >= 15 is 0 Å². The van der Waals surface area contributed by atoms with E-state index in [2.05, 4.69) is 15.4 Å². The SMILES string of the molecule is COCC1CCCN(c2cc(NN)nc(C(F)(F)F)n2)C1. The van der Waals surface area contributed by atoms with Gasteiger partial charge in [-0.1, -0.05) is 0 Å². The Labute approximate surface area is 120 Å². The summed E-state index contributed by atoms with van der Waals surface area (Å²) in [6.07, 6.45) is -2.74. The first kappa shape index (κ1) is 15.8. The molecule has 118 valence electrons. The minimum atomic E-state index is -4.61. The third kappa shape index (κ3) is 3.94. The van der Waals surface area contributed by atoms with Gasteiger partial charge >= 0.3 is 6.18 Å². The Morgan fingerprint density at radius 1 is 1.48 bits per heavy atom. The van der Waals surface area contributed by atoms with E-state index in [4.69, 9.17) is 10.6 Å². The van der Waals surface area contributed by atoms with Crippen LogP contribution in [-0.4, -0.2) is 36.8 Å². The summed E-state index contributed by atoms with van der Waals surface area (Å²) in [5.41, 5.74) is 2.15. The number of methoxy groups -OCH3 is 1. The summed E-state index contributed by atoms with van der Waals surface area (Å²) in [6, 6.07) is 1.42. The highest BCUT2D eigenvalue weighted by Gasteiger charge is 2.36. The lowest BCUT2D eigenvalue weighted by Crippen LogP contribution is -2.38. The summed E-state index contributed by atoms with van der Waals surface area (Å²) in [5, 5.41) is 0. The van der Waals surface area contributed by atoms with Crippen molar-refractivity contribution in [3.63, 3.8) is 0 Å². The second-order valence-corrected chi connectivity index (χ2v) is 4.99. The number of nitrogens with zero attached hydrogens (tertiary/aromatic N) is 3. The molecule has 0 aromatic carbocycles. The van der Waals surface area contributed by atoms with Gasteiger partial charge in [-0.25, -0.2) is 15.8 Å². The van der Waals surface area contributed by atoms with Gasteiger partial charge in [0.2, 0.25) is 5.82 Å². The first-order valence-electron chi connectivity index (χ1n) is 6.61. The molecule has 1 saturated heterocycles. The largest absolute Gasteiger partial charge is 0.451 e. The van der Waals surface area contributed by atoms with E-state index in [0.717, 1.165) is 12.8 Å². The minimum absolute atomic E-state index is 0.0545. The van der Waals surface area contributed by atoms with Crippen LogP contribution in [0.4, 0.5) is 24.8 Å².